The molecule has 0 unspecified atom stereocenters. The van der Waals surface area contributed by atoms with Gasteiger partial charge in [0.25, 0.3) is 0 Å². The van der Waals surface area contributed by atoms with Gasteiger partial charge < -0.3 is 4.40 Å². The van der Waals surface area contributed by atoms with Gasteiger partial charge in [0.15, 0.2) is 0 Å². The second-order valence-corrected chi connectivity index (χ2v) is 4.92. The van der Waals surface area contributed by atoms with Crippen LogP contribution in [0.25, 0.3) is 5.65 Å². The molecule has 2 heteroatoms. The Bertz CT molecular complexity index is 492. The van der Waals surface area contributed by atoms with Gasteiger partial charge in [-0.15, -0.1) is 0 Å². The lowest BCUT2D eigenvalue weighted by Crippen LogP contribution is -2.04. The predicted octanol–water partition coefficient (Wildman–Crippen LogP) is 3.69. The normalized spacial score (nSPS) is 18.1. The van der Waals surface area contributed by atoms with Gasteiger partial charge in [0, 0.05) is 18.3 Å². The number of rotatable bonds is 1. The van der Waals surface area contributed by atoms with E-state index in [2.05, 4.69) is 35.9 Å². The number of nitrogens with zero attached hydrogens (tertiary/aromatic N) is 2. The molecule has 0 N–H and O–H groups in total. The van der Waals surface area contributed by atoms with Crippen LogP contribution in [0.1, 0.15) is 49.3 Å². The molecular weight excluding hydrogens is 196 g/mol. The third kappa shape index (κ3) is 1.62. The van der Waals surface area contributed by atoms with Crippen molar-refractivity contribution in [2.45, 2.75) is 44.9 Å². The van der Waals surface area contributed by atoms with Crippen molar-refractivity contribution in [3.63, 3.8) is 0 Å². The molecule has 0 bridgehead atoms. The molecule has 2 heterocycles. The van der Waals surface area contributed by atoms with Gasteiger partial charge in [-0.05, 0) is 31.4 Å². The Morgan fingerprint density at radius 3 is 2.81 bits per heavy atom. The van der Waals surface area contributed by atoms with Crippen LogP contribution in [0.5, 0.6) is 0 Å². The maximum atomic E-state index is 4.80. The fourth-order valence-corrected chi connectivity index (χ4v) is 2.77. The van der Waals surface area contributed by atoms with E-state index in [1.54, 1.807) is 0 Å². The molecule has 16 heavy (non-hydrogen) atoms. The van der Waals surface area contributed by atoms with E-state index in [1.807, 2.05) is 0 Å². The minimum Gasteiger partial charge on any atom is -0.307 e. The van der Waals surface area contributed by atoms with Crippen LogP contribution >= 0.6 is 0 Å². The molecule has 0 saturated heterocycles. The number of hydrogen-bond acceptors (Lipinski definition) is 1. The summed E-state index contributed by atoms with van der Waals surface area (Å²) in [5.41, 5.74) is 3.70. The lowest BCUT2D eigenvalue weighted by atomic mass is 9.87. The second kappa shape index (κ2) is 3.93. The van der Waals surface area contributed by atoms with Gasteiger partial charge in [-0.3, -0.25) is 0 Å². The van der Waals surface area contributed by atoms with Crippen LogP contribution in [0.3, 0.4) is 0 Å². The number of pyridine rings is 1. The highest BCUT2D eigenvalue weighted by Gasteiger charge is 2.18. The van der Waals surface area contributed by atoms with E-state index in [0.29, 0.717) is 5.92 Å². The maximum absolute atomic E-state index is 4.80. The Labute approximate surface area is 96.3 Å². The fraction of sp³-hybridized carbons (Fsp3) is 0.500. The van der Waals surface area contributed by atoms with Crippen molar-refractivity contribution in [3.05, 3.63) is 35.8 Å². The Kier molecular flexibility index (Phi) is 2.43. The molecule has 0 radical (unpaired) electrons. The van der Waals surface area contributed by atoms with Crippen molar-refractivity contribution >= 4 is 5.65 Å². The summed E-state index contributed by atoms with van der Waals surface area (Å²) < 4.78 is 2.17. The molecule has 2 aromatic rings. The van der Waals surface area contributed by atoms with Crippen molar-refractivity contribution in [3.8, 4) is 0 Å². The van der Waals surface area contributed by atoms with Crippen LogP contribution in [0, 0.1) is 6.92 Å². The average molecular weight is 214 g/mol. The third-order valence-corrected chi connectivity index (χ3v) is 3.72. The zero-order chi connectivity index (χ0) is 11.0. The van der Waals surface area contributed by atoms with E-state index in [1.165, 1.54) is 43.4 Å². The molecule has 0 spiro atoms. The topological polar surface area (TPSA) is 17.3 Å². The Morgan fingerprint density at radius 1 is 1.25 bits per heavy atom. The molecule has 1 fully saturated rings. The highest BCUT2D eigenvalue weighted by Crippen LogP contribution is 2.32. The van der Waals surface area contributed by atoms with E-state index in [-0.39, 0.29) is 0 Å². The number of aryl methyl sites for hydroxylation is 1. The summed E-state index contributed by atoms with van der Waals surface area (Å²) in [6.07, 6.45) is 11.1. The Balaban J connectivity index is 2.01. The third-order valence-electron chi connectivity index (χ3n) is 3.72. The number of imidazole rings is 1. The lowest BCUT2D eigenvalue weighted by Gasteiger charge is -2.19. The summed E-state index contributed by atoms with van der Waals surface area (Å²) in [5.74, 6) is 0.702. The number of aromatic nitrogens is 2. The molecule has 0 amide bonds. The first-order chi connectivity index (χ1) is 7.84. The first-order valence-corrected chi connectivity index (χ1v) is 6.29. The van der Waals surface area contributed by atoms with Gasteiger partial charge in [0.2, 0.25) is 0 Å². The van der Waals surface area contributed by atoms with E-state index in [9.17, 15) is 0 Å². The van der Waals surface area contributed by atoms with Crippen LogP contribution in [0.4, 0.5) is 0 Å². The molecule has 0 aromatic carbocycles. The summed E-state index contributed by atoms with van der Waals surface area (Å²) in [5, 5.41) is 0. The van der Waals surface area contributed by atoms with Gasteiger partial charge in [-0.2, -0.15) is 0 Å². The zero-order valence-corrected chi connectivity index (χ0v) is 9.82. The minimum absolute atomic E-state index is 0.702. The predicted molar refractivity (Wildman–Crippen MR) is 65.8 cm³/mol. The second-order valence-electron chi connectivity index (χ2n) is 4.92. The van der Waals surface area contributed by atoms with Crippen molar-refractivity contribution in [2.75, 3.05) is 0 Å². The quantitative estimate of drug-likeness (QED) is 0.707. The van der Waals surface area contributed by atoms with Crippen LogP contribution in [-0.4, -0.2) is 9.38 Å². The molecule has 2 aromatic heterocycles. The summed E-state index contributed by atoms with van der Waals surface area (Å²) in [6, 6.07) is 4.22. The maximum Gasteiger partial charge on any atom is 0.139 e. The van der Waals surface area contributed by atoms with Crippen LogP contribution < -0.4 is 0 Å². The lowest BCUT2D eigenvalue weighted by molar-refractivity contribution is 0.438. The highest BCUT2D eigenvalue weighted by molar-refractivity contribution is 5.48. The molecular formula is C14H18N2. The fourth-order valence-electron chi connectivity index (χ4n) is 2.77. The summed E-state index contributed by atoms with van der Waals surface area (Å²) in [6.45, 7) is 2.13. The van der Waals surface area contributed by atoms with Gasteiger partial charge in [-0.1, -0.05) is 25.3 Å². The largest absolute Gasteiger partial charge is 0.307 e. The summed E-state index contributed by atoms with van der Waals surface area (Å²) in [7, 11) is 0. The van der Waals surface area contributed by atoms with Crippen LogP contribution in [-0.2, 0) is 0 Å². The monoisotopic (exact) mass is 214 g/mol. The first-order valence-electron chi connectivity index (χ1n) is 6.29. The van der Waals surface area contributed by atoms with Gasteiger partial charge in [-0.25, -0.2) is 4.98 Å². The van der Waals surface area contributed by atoms with Gasteiger partial charge >= 0.3 is 0 Å². The van der Waals surface area contributed by atoms with E-state index >= 15 is 0 Å². The van der Waals surface area contributed by atoms with Crippen molar-refractivity contribution in [2.24, 2.45) is 0 Å². The van der Waals surface area contributed by atoms with Crippen molar-refractivity contribution in [1.29, 1.82) is 0 Å². The standard InChI is InChI=1S/C14H18N2/c1-11-6-5-9-16-10-13(15-14(11)16)12-7-3-2-4-8-12/h5-6,9-10,12H,2-4,7-8H2,1H3. The average Bonchev–Trinajstić information content (AvgIpc) is 2.76. The molecule has 3 rings (SSSR count). The van der Waals surface area contributed by atoms with Gasteiger partial charge in [0.1, 0.15) is 5.65 Å². The molecule has 2 nitrogen and oxygen atoms in total. The van der Waals surface area contributed by atoms with Crippen LogP contribution in [0.2, 0.25) is 0 Å². The molecule has 84 valence electrons. The van der Waals surface area contributed by atoms with Gasteiger partial charge in [0.05, 0.1) is 5.69 Å². The van der Waals surface area contributed by atoms with E-state index in [4.69, 9.17) is 4.98 Å². The summed E-state index contributed by atoms with van der Waals surface area (Å²) in [4.78, 5) is 4.80. The molecule has 1 aliphatic carbocycles. The SMILES string of the molecule is Cc1cccn2cc(C3CCCCC3)nc12. The first kappa shape index (κ1) is 9.88. The summed E-state index contributed by atoms with van der Waals surface area (Å²) >= 11 is 0. The number of fused-ring (bicyclic) bond motifs is 1. The van der Waals surface area contributed by atoms with E-state index in [0.717, 1.165) is 5.65 Å². The smallest absolute Gasteiger partial charge is 0.139 e. The Hall–Kier alpha value is -1.31. The zero-order valence-electron chi connectivity index (χ0n) is 9.82. The molecule has 0 aliphatic heterocycles. The molecule has 0 atom stereocenters. The molecule has 1 aliphatic rings. The Morgan fingerprint density at radius 2 is 2.06 bits per heavy atom. The molecule has 1 saturated carbocycles. The van der Waals surface area contributed by atoms with E-state index < -0.39 is 0 Å². The van der Waals surface area contributed by atoms with Crippen LogP contribution in [0.15, 0.2) is 24.5 Å². The van der Waals surface area contributed by atoms with Crippen molar-refractivity contribution < 1.29 is 0 Å². The van der Waals surface area contributed by atoms with Crippen molar-refractivity contribution in [1.82, 2.24) is 9.38 Å². The minimum atomic E-state index is 0.702. The highest BCUT2D eigenvalue weighted by atomic mass is 15.0. The number of hydrogen-bond donors (Lipinski definition) is 0.